The molecule has 162 valence electrons. The lowest BCUT2D eigenvalue weighted by atomic mass is 9.46. The molecular weight excluding hydrogens is 362 g/mol. The van der Waals surface area contributed by atoms with Crippen molar-refractivity contribution in [2.24, 2.45) is 45.6 Å². The molecule has 0 saturated heterocycles. The first-order valence-corrected chi connectivity index (χ1v) is 11.8. The minimum atomic E-state index is 0.126. The fraction of sp³-hybridized carbons (Fsp3) is 0.840. The number of hydrogen-bond acceptors (Lipinski definition) is 4. The number of ketones is 1. The number of fused-ring (bicyclic) bond motifs is 5. The van der Waals surface area contributed by atoms with Crippen LogP contribution in [-0.2, 0) is 9.63 Å². The Morgan fingerprint density at radius 2 is 2.00 bits per heavy atom. The number of oxime groups is 1. The third kappa shape index (κ3) is 3.49. The van der Waals surface area contributed by atoms with Crippen molar-refractivity contribution in [1.82, 2.24) is 0 Å². The molecule has 1 unspecified atom stereocenters. The van der Waals surface area contributed by atoms with E-state index in [-0.39, 0.29) is 17.9 Å². The number of aliphatic hydroxyl groups is 1. The van der Waals surface area contributed by atoms with Crippen molar-refractivity contribution in [3.8, 4) is 0 Å². The van der Waals surface area contributed by atoms with Crippen LogP contribution in [0.25, 0.3) is 0 Å². The number of rotatable bonds is 5. The van der Waals surface area contributed by atoms with E-state index in [1.807, 2.05) is 13.0 Å². The molecule has 3 fully saturated rings. The van der Waals surface area contributed by atoms with E-state index in [2.05, 4.69) is 25.9 Å². The van der Waals surface area contributed by atoms with Crippen LogP contribution in [-0.4, -0.2) is 29.8 Å². The van der Waals surface area contributed by atoms with Crippen molar-refractivity contribution in [3.05, 3.63) is 11.6 Å². The molecule has 4 nitrogen and oxygen atoms in total. The fourth-order valence-electron chi connectivity index (χ4n) is 7.63. The van der Waals surface area contributed by atoms with Crippen molar-refractivity contribution in [2.75, 3.05) is 13.2 Å². The maximum atomic E-state index is 12.0. The molecule has 0 bridgehead atoms. The highest BCUT2D eigenvalue weighted by molar-refractivity contribution is 5.91. The molecule has 4 aliphatic rings. The predicted molar refractivity (Wildman–Crippen MR) is 116 cm³/mol. The molecule has 4 aliphatic carbocycles. The highest BCUT2D eigenvalue weighted by atomic mass is 16.6. The number of nitrogens with zero attached hydrogens (tertiary/aromatic N) is 1. The lowest BCUT2D eigenvalue weighted by Gasteiger charge is -2.58. The lowest BCUT2D eigenvalue weighted by Crippen LogP contribution is -2.51. The van der Waals surface area contributed by atoms with Gasteiger partial charge in [-0.05, 0) is 86.5 Å². The van der Waals surface area contributed by atoms with Gasteiger partial charge in [0.1, 0.15) is 6.61 Å². The number of hydrogen-bond donors (Lipinski definition) is 1. The van der Waals surface area contributed by atoms with E-state index in [4.69, 9.17) is 4.84 Å². The molecule has 4 rings (SSSR count). The predicted octanol–water partition coefficient (Wildman–Crippen LogP) is 5.16. The Hall–Kier alpha value is -1.16. The molecule has 0 aliphatic heterocycles. The monoisotopic (exact) mass is 401 g/mol. The third-order valence-corrected chi connectivity index (χ3v) is 9.35. The van der Waals surface area contributed by atoms with Gasteiger partial charge in [0, 0.05) is 24.9 Å². The normalized spacial score (nSPS) is 43.1. The highest BCUT2D eigenvalue weighted by Gasteiger charge is 2.59. The first-order chi connectivity index (χ1) is 13.8. The van der Waals surface area contributed by atoms with Crippen molar-refractivity contribution >= 4 is 11.5 Å². The second-order valence-corrected chi connectivity index (χ2v) is 11.0. The van der Waals surface area contributed by atoms with Gasteiger partial charge in [-0.15, -0.1) is 0 Å². The van der Waals surface area contributed by atoms with Crippen molar-refractivity contribution in [2.45, 2.75) is 79.1 Å². The van der Waals surface area contributed by atoms with E-state index < -0.39 is 0 Å². The lowest BCUT2D eigenvalue weighted by molar-refractivity contribution is -0.117. The number of carbonyl (C=O) groups is 1. The summed E-state index contributed by atoms with van der Waals surface area (Å²) in [7, 11) is 0. The molecule has 0 aromatic heterocycles. The van der Waals surface area contributed by atoms with Crippen LogP contribution in [0.1, 0.15) is 79.1 Å². The van der Waals surface area contributed by atoms with Crippen LogP contribution >= 0.6 is 0 Å². The SMILES string of the molecule is C/C(=N\OCC(C)CO)[C@H]1CC[C@H]2[C@@H]3CCC4=CC(=O)CC[C@]4(C)[C@H]3CC[C@]12C. The summed E-state index contributed by atoms with van der Waals surface area (Å²) in [5.41, 5.74) is 3.17. The first-order valence-electron chi connectivity index (χ1n) is 11.8. The van der Waals surface area contributed by atoms with Gasteiger partial charge < -0.3 is 9.94 Å². The van der Waals surface area contributed by atoms with E-state index in [9.17, 15) is 9.90 Å². The van der Waals surface area contributed by atoms with Crippen molar-refractivity contribution in [3.63, 3.8) is 0 Å². The quantitative estimate of drug-likeness (QED) is 0.511. The Kier molecular flexibility index (Phi) is 5.69. The molecule has 0 aromatic carbocycles. The van der Waals surface area contributed by atoms with E-state index in [0.717, 1.165) is 42.7 Å². The van der Waals surface area contributed by atoms with Crippen molar-refractivity contribution < 1.29 is 14.7 Å². The summed E-state index contributed by atoms with van der Waals surface area (Å²) in [5.74, 6) is 3.28. The van der Waals surface area contributed by atoms with Gasteiger partial charge in [0.2, 0.25) is 0 Å². The zero-order chi connectivity index (χ0) is 20.8. The summed E-state index contributed by atoms with van der Waals surface area (Å²) in [5, 5.41) is 13.7. The molecule has 1 N–H and O–H groups in total. The van der Waals surface area contributed by atoms with Gasteiger partial charge >= 0.3 is 0 Å². The fourth-order valence-corrected chi connectivity index (χ4v) is 7.63. The number of aliphatic hydroxyl groups excluding tert-OH is 1. The summed E-state index contributed by atoms with van der Waals surface area (Å²) in [6, 6.07) is 0. The van der Waals surface area contributed by atoms with E-state index in [1.165, 1.54) is 37.7 Å². The Bertz CT molecular complexity index is 713. The van der Waals surface area contributed by atoms with Gasteiger partial charge in [0.05, 0.1) is 5.71 Å². The average molecular weight is 402 g/mol. The van der Waals surface area contributed by atoms with Gasteiger partial charge in [0.15, 0.2) is 5.78 Å². The molecule has 0 spiro atoms. The van der Waals surface area contributed by atoms with Gasteiger partial charge in [-0.3, -0.25) is 4.79 Å². The van der Waals surface area contributed by atoms with Crippen LogP contribution in [0.2, 0.25) is 0 Å². The molecule has 29 heavy (non-hydrogen) atoms. The smallest absolute Gasteiger partial charge is 0.155 e. The summed E-state index contributed by atoms with van der Waals surface area (Å²) in [4.78, 5) is 17.6. The van der Waals surface area contributed by atoms with E-state index >= 15 is 0 Å². The molecule has 7 atom stereocenters. The van der Waals surface area contributed by atoms with Gasteiger partial charge in [0.25, 0.3) is 0 Å². The van der Waals surface area contributed by atoms with Crippen molar-refractivity contribution in [1.29, 1.82) is 0 Å². The molecular formula is C25H39NO3. The Morgan fingerprint density at radius 1 is 1.21 bits per heavy atom. The third-order valence-electron chi connectivity index (χ3n) is 9.35. The molecule has 0 aromatic rings. The van der Waals surface area contributed by atoms with Gasteiger partial charge in [-0.25, -0.2) is 0 Å². The Morgan fingerprint density at radius 3 is 2.76 bits per heavy atom. The van der Waals surface area contributed by atoms with Crippen LogP contribution in [0, 0.1) is 40.4 Å². The van der Waals surface area contributed by atoms with E-state index in [0.29, 0.717) is 23.7 Å². The average Bonchev–Trinajstić information content (AvgIpc) is 3.05. The Labute approximate surface area is 176 Å². The summed E-state index contributed by atoms with van der Waals surface area (Å²) in [6.07, 6.45) is 11.3. The first kappa shape index (κ1) is 21.1. The number of carbonyl (C=O) groups excluding carboxylic acids is 1. The standard InChI is InChI=1S/C25H39NO3/c1-16(14-27)15-29-26-17(2)21-7-8-22-20-6-5-18-13-19(28)9-11-24(18,3)23(20)10-12-25(21,22)4/h13,16,20-23,27H,5-12,14-15H2,1-4H3/b26-17+/t16?,20-,21+,22-,23-,24-,25+/m0/s1. The summed E-state index contributed by atoms with van der Waals surface area (Å²) in [6.45, 7) is 9.71. The molecule has 4 heteroatoms. The minimum Gasteiger partial charge on any atom is -0.396 e. The maximum Gasteiger partial charge on any atom is 0.155 e. The van der Waals surface area contributed by atoms with Gasteiger partial charge in [-0.2, -0.15) is 0 Å². The molecule has 0 radical (unpaired) electrons. The molecule has 0 heterocycles. The largest absolute Gasteiger partial charge is 0.396 e. The highest BCUT2D eigenvalue weighted by Crippen LogP contribution is 2.66. The second-order valence-electron chi connectivity index (χ2n) is 11.0. The maximum absolute atomic E-state index is 12.0. The molecule has 3 saturated carbocycles. The zero-order valence-electron chi connectivity index (χ0n) is 18.7. The van der Waals surface area contributed by atoms with Crippen LogP contribution in [0.5, 0.6) is 0 Å². The second kappa shape index (κ2) is 7.83. The van der Waals surface area contributed by atoms with Crippen LogP contribution in [0.15, 0.2) is 16.8 Å². The van der Waals surface area contributed by atoms with Crippen LogP contribution in [0.3, 0.4) is 0 Å². The van der Waals surface area contributed by atoms with E-state index in [1.54, 1.807) is 0 Å². The zero-order valence-corrected chi connectivity index (χ0v) is 18.7. The van der Waals surface area contributed by atoms with Gasteiger partial charge in [-0.1, -0.05) is 31.5 Å². The van der Waals surface area contributed by atoms with Crippen LogP contribution < -0.4 is 0 Å². The van der Waals surface area contributed by atoms with Crippen LogP contribution in [0.4, 0.5) is 0 Å². The minimum absolute atomic E-state index is 0.126. The number of allylic oxidation sites excluding steroid dienone is 1. The summed E-state index contributed by atoms with van der Waals surface area (Å²) < 4.78 is 0. The Balaban J connectivity index is 1.51. The topological polar surface area (TPSA) is 58.9 Å². The summed E-state index contributed by atoms with van der Waals surface area (Å²) >= 11 is 0. The molecule has 0 amide bonds.